The van der Waals surface area contributed by atoms with Gasteiger partial charge in [0.25, 0.3) is 0 Å². The molecule has 2 atom stereocenters. The van der Waals surface area contributed by atoms with Crippen LogP contribution in [0.25, 0.3) is 0 Å². The maximum absolute atomic E-state index is 12.8. The fourth-order valence-electron chi connectivity index (χ4n) is 3.46. The molecule has 0 saturated carbocycles. The minimum absolute atomic E-state index is 0. The molecule has 0 spiro atoms. The molecule has 1 aromatic rings. The third kappa shape index (κ3) is 5.59. The SMILES string of the molecule is Cl.O=C(N[C@H]1CCCNC1)C1CC(=O)N(Cc2cccc(C(F)(F)F)c2)C1. The molecule has 0 radical (unpaired) electrons. The summed E-state index contributed by atoms with van der Waals surface area (Å²) in [5, 5.41) is 6.18. The van der Waals surface area contributed by atoms with Gasteiger partial charge < -0.3 is 15.5 Å². The number of benzene rings is 1. The van der Waals surface area contributed by atoms with Gasteiger partial charge >= 0.3 is 6.18 Å². The highest BCUT2D eigenvalue weighted by atomic mass is 35.5. The molecule has 2 aliphatic rings. The van der Waals surface area contributed by atoms with E-state index in [1.807, 2.05) is 0 Å². The molecule has 0 aliphatic carbocycles. The van der Waals surface area contributed by atoms with Gasteiger partial charge in [0.05, 0.1) is 11.5 Å². The number of carbonyl (C=O) groups excluding carboxylic acids is 2. The van der Waals surface area contributed by atoms with Crippen molar-refractivity contribution in [2.24, 2.45) is 5.92 Å². The molecule has 5 nitrogen and oxygen atoms in total. The summed E-state index contributed by atoms with van der Waals surface area (Å²) < 4.78 is 38.4. The monoisotopic (exact) mass is 405 g/mol. The topological polar surface area (TPSA) is 61.4 Å². The lowest BCUT2D eigenvalue weighted by Gasteiger charge is -2.25. The lowest BCUT2D eigenvalue weighted by atomic mass is 10.0. The minimum Gasteiger partial charge on any atom is -0.352 e. The first-order valence-corrected chi connectivity index (χ1v) is 8.78. The zero-order chi connectivity index (χ0) is 18.7. The van der Waals surface area contributed by atoms with Gasteiger partial charge in [-0.25, -0.2) is 0 Å². The summed E-state index contributed by atoms with van der Waals surface area (Å²) in [6.07, 6.45) is -2.41. The van der Waals surface area contributed by atoms with Crippen LogP contribution in [0.1, 0.15) is 30.4 Å². The largest absolute Gasteiger partial charge is 0.416 e. The average molecular weight is 406 g/mol. The van der Waals surface area contributed by atoms with Gasteiger partial charge in [0.15, 0.2) is 0 Å². The molecule has 1 aromatic carbocycles. The second-order valence-corrected chi connectivity index (χ2v) is 6.93. The molecule has 2 heterocycles. The van der Waals surface area contributed by atoms with Crippen molar-refractivity contribution in [2.75, 3.05) is 19.6 Å². The smallest absolute Gasteiger partial charge is 0.352 e. The van der Waals surface area contributed by atoms with E-state index >= 15 is 0 Å². The molecule has 2 fully saturated rings. The fraction of sp³-hybridized carbons (Fsp3) is 0.556. The van der Waals surface area contributed by atoms with Gasteiger partial charge in [-0.3, -0.25) is 9.59 Å². The van der Waals surface area contributed by atoms with Crippen LogP contribution in [0.3, 0.4) is 0 Å². The third-order valence-electron chi connectivity index (χ3n) is 4.86. The Hall–Kier alpha value is -1.80. The second-order valence-electron chi connectivity index (χ2n) is 6.93. The zero-order valence-electron chi connectivity index (χ0n) is 14.7. The van der Waals surface area contributed by atoms with Crippen molar-refractivity contribution in [1.29, 1.82) is 0 Å². The van der Waals surface area contributed by atoms with Crippen molar-refractivity contribution in [3.05, 3.63) is 35.4 Å². The number of nitrogens with one attached hydrogen (secondary N) is 2. The van der Waals surface area contributed by atoms with Crippen molar-refractivity contribution in [2.45, 2.75) is 38.0 Å². The molecule has 9 heteroatoms. The number of amides is 2. The molecule has 27 heavy (non-hydrogen) atoms. The van der Waals surface area contributed by atoms with Crippen LogP contribution < -0.4 is 10.6 Å². The van der Waals surface area contributed by atoms with Gasteiger partial charge in [0, 0.05) is 32.1 Å². The first kappa shape index (κ1) is 21.5. The van der Waals surface area contributed by atoms with Crippen molar-refractivity contribution in [3.63, 3.8) is 0 Å². The Balaban J connectivity index is 0.00000261. The molecular formula is C18H23ClF3N3O2. The zero-order valence-corrected chi connectivity index (χ0v) is 15.5. The van der Waals surface area contributed by atoms with Gasteiger partial charge in [-0.15, -0.1) is 12.4 Å². The number of likely N-dealkylation sites (tertiary alicyclic amines) is 1. The number of halogens is 4. The summed E-state index contributed by atoms with van der Waals surface area (Å²) in [7, 11) is 0. The minimum atomic E-state index is -4.42. The Kier molecular flexibility index (Phi) is 7.11. The van der Waals surface area contributed by atoms with Gasteiger partial charge in [-0.05, 0) is 37.1 Å². The van der Waals surface area contributed by atoms with E-state index in [-0.39, 0.29) is 49.8 Å². The average Bonchev–Trinajstić information content (AvgIpc) is 2.96. The highest BCUT2D eigenvalue weighted by Gasteiger charge is 2.35. The van der Waals surface area contributed by atoms with Crippen LogP contribution in [0.5, 0.6) is 0 Å². The van der Waals surface area contributed by atoms with Crippen molar-refractivity contribution in [3.8, 4) is 0 Å². The van der Waals surface area contributed by atoms with Crippen LogP contribution in [0, 0.1) is 5.92 Å². The van der Waals surface area contributed by atoms with Gasteiger partial charge in [-0.2, -0.15) is 13.2 Å². The first-order chi connectivity index (χ1) is 12.3. The van der Waals surface area contributed by atoms with Crippen LogP contribution in [0.15, 0.2) is 24.3 Å². The van der Waals surface area contributed by atoms with Crippen LogP contribution in [-0.2, 0) is 22.3 Å². The Morgan fingerprint density at radius 1 is 1.33 bits per heavy atom. The van der Waals surface area contributed by atoms with Crippen LogP contribution >= 0.6 is 12.4 Å². The van der Waals surface area contributed by atoms with E-state index in [9.17, 15) is 22.8 Å². The van der Waals surface area contributed by atoms with E-state index in [1.54, 1.807) is 6.07 Å². The molecule has 2 aliphatic heterocycles. The van der Waals surface area contributed by atoms with E-state index in [1.165, 1.54) is 11.0 Å². The molecule has 1 unspecified atom stereocenters. The van der Waals surface area contributed by atoms with Crippen molar-refractivity contribution in [1.82, 2.24) is 15.5 Å². The molecule has 0 aromatic heterocycles. The molecule has 150 valence electrons. The number of hydrogen-bond donors (Lipinski definition) is 2. The summed E-state index contributed by atoms with van der Waals surface area (Å²) in [4.78, 5) is 26.0. The second kappa shape index (κ2) is 8.93. The number of rotatable bonds is 4. The van der Waals surface area contributed by atoms with Gasteiger partial charge in [-0.1, -0.05) is 12.1 Å². The molecule has 2 amide bonds. The quantitative estimate of drug-likeness (QED) is 0.808. The third-order valence-corrected chi connectivity index (χ3v) is 4.86. The summed E-state index contributed by atoms with van der Waals surface area (Å²) in [5.41, 5.74) is -0.327. The molecule has 2 N–H and O–H groups in total. The molecule has 2 saturated heterocycles. The van der Waals surface area contributed by atoms with Crippen LogP contribution in [0.2, 0.25) is 0 Å². The van der Waals surface area contributed by atoms with Crippen molar-refractivity contribution < 1.29 is 22.8 Å². The van der Waals surface area contributed by atoms with E-state index in [4.69, 9.17) is 0 Å². The van der Waals surface area contributed by atoms with Crippen LogP contribution in [-0.4, -0.2) is 42.4 Å². The van der Waals surface area contributed by atoms with E-state index in [0.29, 0.717) is 5.56 Å². The highest BCUT2D eigenvalue weighted by Crippen LogP contribution is 2.30. The molecular weight excluding hydrogens is 383 g/mol. The summed E-state index contributed by atoms with van der Waals surface area (Å²) in [5.74, 6) is -0.807. The van der Waals surface area contributed by atoms with E-state index in [0.717, 1.165) is 38.1 Å². The standard InChI is InChI=1S/C18H22F3N3O2.ClH/c19-18(20,21)14-4-1-3-12(7-14)10-24-11-13(8-16(24)25)17(26)23-15-5-2-6-22-9-15;/h1,3-4,7,13,15,22H,2,5-6,8-11H2,(H,23,26);1H/t13?,15-;/m0./s1. The normalized spacial score (nSPS) is 23.1. The summed E-state index contributed by atoms with van der Waals surface area (Å²) in [6, 6.07) is 5.02. The van der Waals surface area contributed by atoms with E-state index < -0.39 is 17.7 Å². The number of piperidine rings is 1. The Morgan fingerprint density at radius 3 is 2.78 bits per heavy atom. The maximum Gasteiger partial charge on any atom is 0.416 e. The lowest BCUT2D eigenvalue weighted by molar-refractivity contribution is -0.137. The molecule has 0 bridgehead atoms. The molecule has 3 rings (SSSR count). The number of alkyl halides is 3. The lowest BCUT2D eigenvalue weighted by Crippen LogP contribution is -2.47. The number of carbonyl (C=O) groups is 2. The maximum atomic E-state index is 12.8. The van der Waals surface area contributed by atoms with E-state index in [2.05, 4.69) is 10.6 Å². The van der Waals surface area contributed by atoms with Crippen molar-refractivity contribution >= 4 is 24.2 Å². The Morgan fingerprint density at radius 2 is 2.11 bits per heavy atom. The predicted molar refractivity (Wildman–Crippen MR) is 96.3 cm³/mol. The number of nitrogens with zero attached hydrogens (tertiary/aromatic N) is 1. The summed E-state index contributed by atoms with van der Waals surface area (Å²) >= 11 is 0. The first-order valence-electron chi connectivity index (χ1n) is 8.78. The predicted octanol–water partition coefficient (Wildman–Crippen LogP) is 2.34. The van der Waals surface area contributed by atoms with Crippen LogP contribution in [0.4, 0.5) is 13.2 Å². The Bertz CT molecular complexity index is 678. The fourth-order valence-corrected chi connectivity index (χ4v) is 3.46. The van der Waals surface area contributed by atoms with Gasteiger partial charge in [0.1, 0.15) is 0 Å². The Labute approximate surface area is 162 Å². The van der Waals surface area contributed by atoms with Gasteiger partial charge in [0.2, 0.25) is 11.8 Å². The number of hydrogen-bond acceptors (Lipinski definition) is 3. The highest BCUT2D eigenvalue weighted by molar-refractivity contribution is 5.89. The summed E-state index contributed by atoms with van der Waals surface area (Å²) in [6.45, 7) is 1.98.